The maximum Gasteiger partial charge on any atom is 0.225 e. The monoisotopic (exact) mass is 386 g/mol. The van der Waals surface area contributed by atoms with Crippen LogP contribution < -0.4 is 15.4 Å². The molecule has 27 heavy (non-hydrogen) atoms. The Labute approximate surface area is 161 Å². The standard InChI is InChI=1S/C19H19ClN4O3/c20-19-23-17-14(18(24-19)21-11-13-3-2-9-26-13)4-1-5-15(17)27-10-8-12-6-7-16(25)22-12/h1-5,9,12H,6-8,10-11H2,(H,22,25)(H,21,23,24). The van der Waals surface area contributed by atoms with E-state index < -0.39 is 0 Å². The lowest BCUT2D eigenvalue weighted by Crippen LogP contribution is -2.26. The number of furan rings is 1. The van der Waals surface area contributed by atoms with E-state index in [4.69, 9.17) is 20.8 Å². The molecule has 0 bridgehead atoms. The van der Waals surface area contributed by atoms with Gasteiger partial charge in [0.1, 0.15) is 22.8 Å². The highest BCUT2D eigenvalue weighted by molar-refractivity contribution is 6.29. The number of nitrogens with zero attached hydrogens (tertiary/aromatic N) is 2. The van der Waals surface area contributed by atoms with Gasteiger partial charge in [0, 0.05) is 24.3 Å². The van der Waals surface area contributed by atoms with Crippen LogP contribution in [-0.2, 0) is 11.3 Å². The molecular formula is C19H19ClN4O3. The lowest BCUT2D eigenvalue weighted by Gasteiger charge is -2.14. The fourth-order valence-electron chi connectivity index (χ4n) is 3.14. The first-order valence-electron chi connectivity index (χ1n) is 8.84. The normalized spacial score (nSPS) is 16.5. The van der Waals surface area contributed by atoms with Gasteiger partial charge in [-0.1, -0.05) is 6.07 Å². The van der Waals surface area contributed by atoms with E-state index >= 15 is 0 Å². The molecule has 3 heterocycles. The predicted octanol–water partition coefficient (Wildman–Crippen LogP) is 3.54. The van der Waals surface area contributed by atoms with Crippen molar-refractivity contribution >= 4 is 34.2 Å². The van der Waals surface area contributed by atoms with E-state index in [1.807, 2.05) is 30.3 Å². The topological polar surface area (TPSA) is 89.3 Å². The Morgan fingerprint density at radius 1 is 1.30 bits per heavy atom. The average molecular weight is 387 g/mol. The number of halogens is 1. The molecule has 0 radical (unpaired) electrons. The summed E-state index contributed by atoms with van der Waals surface area (Å²) in [6.45, 7) is 0.975. The van der Waals surface area contributed by atoms with Crippen molar-refractivity contribution in [1.82, 2.24) is 15.3 Å². The smallest absolute Gasteiger partial charge is 0.225 e. The molecule has 1 fully saturated rings. The van der Waals surface area contributed by atoms with E-state index in [9.17, 15) is 4.79 Å². The second-order valence-corrected chi connectivity index (χ2v) is 6.70. The zero-order valence-electron chi connectivity index (χ0n) is 14.6. The third-order valence-corrected chi connectivity index (χ3v) is 4.65. The Kier molecular flexibility index (Phi) is 5.11. The second kappa shape index (κ2) is 7.84. The SMILES string of the molecule is O=C1CCC(CCOc2cccc3c(NCc4ccco4)nc(Cl)nc23)N1. The number of fused-ring (bicyclic) bond motifs is 1. The van der Waals surface area contributed by atoms with E-state index in [1.165, 1.54) is 0 Å². The van der Waals surface area contributed by atoms with E-state index in [0.29, 0.717) is 36.7 Å². The number of hydrogen-bond donors (Lipinski definition) is 2. The number of carbonyl (C=O) groups is 1. The maximum atomic E-state index is 11.3. The first-order valence-corrected chi connectivity index (χ1v) is 9.21. The average Bonchev–Trinajstić information content (AvgIpc) is 3.32. The van der Waals surface area contributed by atoms with Crippen molar-refractivity contribution in [1.29, 1.82) is 0 Å². The van der Waals surface area contributed by atoms with Crippen LogP contribution >= 0.6 is 11.6 Å². The summed E-state index contributed by atoms with van der Waals surface area (Å²) in [5.74, 6) is 2.16. The van der Waals surface area contributed by atoms with Crippen LogP contribution in [-0.4, -0.2) is 28.5 Å². The van der Waals surface area contributed by atoms with E-state index in [-0.39, 0.29) is 17.2 Å². The Balaban J connectivity index is 1.50. The van der Waals surface area contributed by atoms with Crippen molar-refractivity contribution < 1.29 is 13.9 Å². The van der Waals surface area contributed by atoms with Crippen molar-refractivity contribution in [3.63, 3.8) is 0 Å². The first-order chi connectivity index (χ1) is 13.2. The molecule has 1 atom stereocenters. The van der Waals surface area contributed by atoms with Gasteiger partial charge in [0.2, 0.25) is 11.2 Å². The van der Waals surface area contributed by atoms with Gasteiger partial charge < -0.3 is 19.8 Å². The Morgan fingerprint density at radius 3 is 3.00 bits per heavy atom. The molecule has 1 aliphatic heterocycles. The van der Waals surface area contributed by atoms with Crippen molar-refractivity contribution in [3.8, 4) is 5.75 Å². The molecule has 140 valence electrons. The summed E-state index contributed by atoms with van der Waals surface area (Å²) in [4.78, 5) is 19.9. The third kappa shape index (κ3) is 4.14. The minimum Gasteiger partial charge on any atom is -0.491 e. The number of carbonyl (C=O) groups excluding carboxylic acids is 1. The van der Waals surface area contributed by atoms with Crippen molar-refractivity contribution in [2.24, 2.45) is 0 Å². The van der Waals surface area contributed by atoms with Gasteiger partial charge >= 0.3 is 0 Å². The number of nitrogens with one attached hydrogen (secondary N) is 2. The number of amides is 1. The molecule has 3 aromatic rings. The van der Waals surface area contributed by atoms with Crippen LogP contribution in [0.2, 0.25) is 5.28 Å². The zero-order chi connectivity index (χ0) is 18.6. The molecule has 0 spiro atoms. The van der Waals surface area contributed by atoms with Crippen molar-refractivity contribution in [2.75, 3.05) is 11.9 Å². The lowest BCUT2D eigenvalue weighted by molar-refractivity contribution is -0.119. The summed E-state index contributed by atoms with van der Waals surface area (Å²) in [7, 11) is 0. The molecule has 0 saturated carbocycles. The number of aromatic nitrogens is 2. The minimum atomic E-state index is 0.108. The zero-order valence-corrected chi connectivity index (χ0v) is 15.3. The van der Waals surface area contributed by atoms with Gasteiger partial charge in [-0.3, -0.25) is 4.79 Å². The fourth-order valence-corrected chi connectivity index (χ4v) is 3.31. The Hall–Kier alpha value is -2.80. The van der Waals surface area contributed by atoms with Gasteiger partial charge in [0.25, 0.3) is 0 Å². The van der Waals surface area contributed by atoms with Crippen LogP contribution in [0.1, 0.15) is 25.0 Å². The number of hydrogen-bond acceptors (Lipinski definition) is 6. The van der Waals surface area contributed by atoms with E-state index in [1.54, 1.807) is 6.26 Å². The van der Waals surface area contributed by atoms with Crippen LogP contribution in [0.25, 0.3) is 10.9 Å². The van der Waals surface area contributed by atoms with E-state index in [0.717, 1.165) is 24.0 Å². The number of benzene rings is 1. The van der Waals surface area contributed by atoms with Crippen molar-refractivity contribution in [2.45, 2.75) is 31.8 Å². The van der Waals surface area contributed by atoms with Gasteiger partial charge in [-0.15, -0.1) is 0 Å². The van der Waals surface area contributed by atoms with Gasteiger partial charge in [-0.25, -0.2) is 9.97 Å². The summed E-state index contributed by atoms with van der Waals surface area (Å²) in [5, 5.41) is 7.13. The fraction of sp³-hybridized carbons (Fsp3) is 0.316. The predicted molar refractivity (Wildman–Crippen MR) is 102 cm³/mol. The molecule has 1 unspecified atom stereocenters. The molecular weight excluding hydrogens is 368 g/mol. The van der Waals surface area contributed by atoms with E-state index in [2.05, 4.69) is 20.6 Å². The Morgan fingerprint density at radius 2 is 2.22 bits per heavy atom. The highest BCUT2D eigenvalue weighted by Crippen LogP contribution is 2.30. The van der Waals surface area contributed by atoms with Crippen LogP contribution in [0, 0.1) is 0 Å². The lowest BCUT2D eigenvalue weighted by atomic mass is 10.2. The minimum absolute atomic E-state index is 0.108. The molecule has 1 aliphatic rings. The molecule has 7 nitrogen and oxygen atoms in total. The first kappa shape index (κ1) is 17.6. The summed E-state index contributed by atoms with van der Waals surface area (Å²) in [5.41, 5.74) is 0.648. The molecule has 1 saturated heterocycles. The van der Waals surface area contributed by atoms with Gasteiger partial charge in [0.15, 0.2) is 0 Å². The summed E-state index contributed by atoms with van der Waals surface area (Å²) in [6, 6.07) is 9.56. The maximum absolute atomic E-state index is 11.3. The largest absolute Gasteiger partial charge is 0.491 e. The summed E-state index contributed by atoms with van der Waals surface area (Å²) in [6.07, 6.45) is 3.82. The quantitative estimate of drug-likeness (QED) is 0.604. The van der Waals surface area contributed by atoms with Crippen LogP contribution in [0.3, 0.4) is 0 Å². The van der Waals surface area contributed by atoms with Gasteiger partial charge in [-0.2, -0.15) is 0 Å². The van der Waals surface area contributed by atoms with Crippen molar-refractivity contribution in [3.05, 3.63) is 47.6 Å². The number of para-hydroxylation sites is 1. The molecule has 1 aromatic carbocycles. The highest BCUT2D eigenvalue weighted by Gasteiger charge is 2.20. The number of rotatable bonds is 7. The second-order valence-electron chi connectivity index (χ2n) is 6.37. The Bertz CT molecular complexity index is 946. The van der Waals surface area contributed by atoms with Gasteiger partial charge in [0.05, 0.1) is 19.4 Å². The van der Waals surface area contributed by atoms with Crippen LogP contribution in [0.5, 0.6) is 5.75 Å². The number of ether oxygens (including phenoxy) is 1. The van der Waals surface area contributed by atoms with Gasteiger partial charge in [-0.05, 0) is 42.3 Å². The highest BCUT2D eigenvalue weighted by atomic mass is 35.5. The number of anilines is 1. The molecule has 1 amide bonds. The molecule has 4 rings (SSSR count). The summed E-state index contributed by atoms with van der Waals surface area (Å²) < 4.78 is 11.3. The molecule has 2 aromatic heterocycles. The molecule has 8 heteroatoms. The van der Waals surface area contributed by atoms with Crippen LogP contribution in [0.4, 0.5) is 5.82 Å². The molecule has 0 aliphatic carbocycles. The van der Waals surface area contributed by atoms with Crippen LogP contribution in [0.15, 0.2) is 41.0 Å². The summed E-state index contributed by atoms with van der Waals surface area (Å²) >= 11 is 6.12. The molecule has 2 N–H and O–H groups in total. The third-order valence-electron chi connectivity index (χ3n) is 4.48.